The lowest BCUT2D eigenvalue weighted by molar-refractivity contribution is 0.139. The number of ether oxygens (including phenoxy) is 1. The van der Waals surface area contributed by atoms with Crippen LogP contribution in [0.25, 0.3) is 0 Å². The van der Waals surface area contributed by atoms with Gasteiger partial charge in [0.05, 0.1) is 0 Å². The average Bonchev–Trinajstić information content (AvgIpc) is 2.74. The van der Waals surface area contributed by atoms with Crippen molar-refractivity contribution in [2.75, 3.05) is 32.7 Å². The molecular weight excluding hydrogens is 212 g/mol. The molecule has 2 aliphatic rings. The SMILES string of the molecule is Cc1cccc2c1CC(CN1CCNCC1)O2. The van der Waals surface area contributed by atoms with Crippen molar-refractivity contribution in [3.05, 3.63) is 29.3 Å². The van der Waals surface area contributed by atoms with Crippen LogP contribution in [0.2, 0.25) is 0 Å². The number of nitrogens with zero attached hydrogens (tertiary/aromatic N) is 1. The van der Waals surface area contributed by atoms with Gasteiger partial charge < -0.3 is 10.1 Å². The topological polar surface area (TPSA) is 24.5 Å². The minimum Gasteiger partial charge on any atom is -0.488 e. The molecule has 2 heterocycles. The molecule has 0 aromatic heterocycles. The normalized spacial score (nSPS) is 24.4. The Morgan fingerprint density at radius 2 is 2.18 bits per heavy atom. The van der Waals surface area contributed by atoms with Crippen LogP contribution in [-0.2, 0) is 6.42 Å². The minimum atomic E-state index is 0.351. The molecule has 3 nitrogen and oxygen atoms in total. The Labute approximate surface area is 103 Å². The van der Waals surface area contributed by atoms with Crippen LogP contribution in [0.1, 0.15) is 11.1 Å². The zero-order chi connectivity index (χ0) is 11.7. The number of hydrogen-bond donors (Lipinski definition) is 1. The van der Waals surface area contributed by atoms with Gasteiger partial charge in [-0.1, -0.05) is 12.1 Å². The molecule has 1 unspecified atom stereocenters. The highest BCUT2D eigenvalue weighted by molar-refractivity contribution is 5.43. The lowest BCUT2D eigenvalue weighted by Gasteiger charge is -2.29. The molecule has 92 valence electrons. The van der Waals surface area contributed by atoms with E-state index in [-0.39, 0.29) is 0 Å². The minimum absolute atomic E-state index is 0.351. The Morgan fingerprint density at radius 3 is 2.94 bits per heavy atom. The number of nitrogens with one attached hydrogen (secondary N) is 1. The molecule has 0 bridgehead atoms. The maximum atomic E-state index is 6.03. The summed E-state index contributed by atoms with van der Waals surface area (Å²) in [4.78, 5) is 2.50. The van der Waals surface area contributed by atoms with Crippen molar-refractivity contribution < 1.29 is 4.74 Å². The summed E-state index contributed by atoms with van der Waals surface area (Å²) in [5.41, 5.74) is 2.78. The van der Waals surface area contributed by atoms with E-state index in [1.807, 2.05) is 0 Å². The van der Waals surface area contributed by atoms with Crippen LogP contribution < -0.4 is 10.1 Å². The third-order valence-electron chi connectivity index (χ3n) is 3.76. The largest absolute Gasteiger partial charge is 0.488 e. The monoisotopic (exact) mass is 232 g/mol. The van der Waals surface area contributed by atoms with Gasteiger partial charge in [-0.3, -0.25) is 4.90 Å². The van der Waals surface area contributed by atoms with Gasteiger partial charge in [-0.05, 0) is 18.6 Å². The number of fused-ring (bicyclic) bond motifs is 1. The fourth-order valence-corrected chi connectivity index (χ4v) is 2.78. The molecule has 3 rings (SSSR count). The van der Waals surface area contributed by atoms with E-state index in [0.717, 1.165) is 44.9 Å². The van der Waals surface area contributed by atoms with Crippen LogP contribution in [0.3, 0.4) is 0 Å². The Hall–Kier alpha value is -1.06. The van der Waals surface area contributed by atoms with Crippen molar-refractivity contribution in [3.8, 4) is 5.75 Å². The summed E-state index contributed by atoms with van der Waals surface area (Å²) in [5.74, 6) is 1.10. The van der Waals surface area contributed by atoms with E-state index in [9.17, 15) is 0 Å². The zero-order valence-corrected chi connectivity index (χ0v) is 10.4. The third kappa shape index (κ3) is 2.31. The van der Waals surface area contributed by atoms with Gasteiger partial charge in [-0.25, -0.2) is 0 Å². The molecule has 1 saturated heterocycles. The molecule has 1 aromatic rings. The molecule has 0 saturated carbocycles. The fraction of sp³-hybridized carbons (Fsp3) is 0.571. The summed E-state index contributed by atoms with van der Waals surface area (Å²) in [6.45, 7) is 7.76. The van der Waals surface area contributed by atoms with E-state index >= 15 is 0 Å². The molecule has 0 aliphatic carbocycles. The molecule has 1 N–H and O–H groups in total. The molecule has 0 amide bonds. The van der Waals surface area contributed by atoms with E-state index in [2.05, 4.69) is 35.3 Å². The highest BCUT2D eigenvalue weighted by atomic mass is 16.5. The number of rotatable bonds is 2. The van der Waals surface area contributed by atoms with Crippen LogP contribution >= 0.6 is 0 Å². The molecule has 1 aromatic carbocycles. The van der Waals surface area contributed by atoms with Gasteiger partial charge in [-0.2, -0.15) is 0 Å². The summed E-state index contributed by atoms with van der Waals surface area (Å²) in [6.07, 6.45) is 1.43. The summed E-state index contributed by atoms with van der Waals surface area (Å²) in [7, 11) is 0. The quantitative estimate of drug-likeness (QED) is 0.829. The number of hydrogen-bond acceptors (Lipinski definition) is 3. The average molecular weight is 232 g/mol. The second-order valence-corrected chi connectivity index (χ2v) is 5.05. The molecule has 1 fully saturated rings. The lowest BCUT2D eigenvalue weighted by atomic mass is 10.0. The molecule has 0 radical (unpaired) electrons. The van der Waals surface area contributed by atoms with Crippen LogP contribution in [0.4, 0.5) is 0 Å². The maximum absolute atomic E-state index is 6.03. The molecule has 1 atom stereocenters. The second-order valence-electron chi connectivity index (χ2n) is 5.05. The Balaban J connectivity index is 1.63. The number of piperazine rings is 1. The summed E-state index contributed by atoms with van der Waals surface area (Å²) in [5, 5.41) is 3.38. The van der Waals surface area contributed by atoms with E-state index in [0.29, 0.717) is 6.10 Å². The van der Waals surface area contributed by atoms with Crippen molar-refractivity contribution >= 4 is 0 Å². The first-order valence-corrected chi connectivity index (χ1v) is 6.51. The van der Waals surface area contributed by atoms with E-state index < -0.39 is 0 Å². The van der Waals surface area contributed by atoms with Gasteiger partial charge in [0, 0.05) is 44.7 Å². The van der Waals surface area contributed by atoms with Gasteiger partial charge in [0.25, 0.3) is 0 Å². The molecule has 3 heteroatoms. The predicted octanol–water partition coefficient (Wildman–Crippen LogP) is 1.20. The number of aryl methyl sites for hydroxylation is 1. The summed E-state index contributed by atoms with van der Waals surface area (Å²) >= 11 is 0. The highest BCUT2D eigenvalue weighted by Gasteiger charge is 2.26. The van der Waals surface area contributed by atoms with Crippen molar-refractivity contribution in [1.29, 1.82) is 0 Å². The van der Waals surface area contributed by atoms with Gasteiger partial charge >= 0.3 is 0 Å². The highest BCUT2D eigenvalue weighted by Crippen LogP contribution is 2.31. The molecule has 17 heavy (non-hydrogen) atoms. The van der Waals surface area contributed by atoms with Gasteiger partial charge in [0.15, 0.2) is 0 Å². The van der Waals surface area contributed by atoms with Crippen LogP contribution in [0.15, 0.2) is 18.2 Å². The van der Waals surface area contributed by atoms with Crippen molar-refractivity contribution in [2.45, 2.75) is 19.4 Å². The number of benzene rings is 1. The maximum Gasteiger partial charge on any atom is 0.123 e. The first-order chi connectivity index (χ1) is 8.33. The molecule has 0 spiro atoms. The zero-order valence-electron chi connectivity index (χ0n) is 10.4. The van der Waals surface area contributed by atoms with Crippen LogP contribution in [-0.4, -0.2) is 43.7 Å². The van der Waals surface area contributed by atoms with Gasteiger partial charge in [0.1, 0.15) is 11.9 Å². The van der Waals surface area contributed by atoms with Gasteiger partial charge in [0.2, 0.25) is 0 Å². The summed E-state index contributed by atoms with van der Waals surface area (Å²) < 4.78 is 6.03. The second kappa shape index (κ2) is 4.67. The van der Waals surface area contributed by atoms with Crippen molar-refractivity contribution in [2.24, 2.45) is 0 Å². The van der Waals surface area contributed by atoms with Crippen molar-refractivity contribution in [3.63, 3.8) is 0 Å². The lowest BCUT2D eigenvalue weighted by Crippen LogP contribution is -2.47. The first-order valence-electron chi connectivity index (χ1n) is 6.51. The van der Waals surface area contributed by atoms with Gasteiger partial charge in [-0.15, -0.1) is 0 Å². The third-order valence-corrected chi connectivity index (χ3v) is 3.76. The first kappa shape index (κ1) is 11.1. The fourth-order valence-electron chi connectivity index (χ4n) is 2.78. The predicted molar refractivity (Wildman–Crippen MR) is 68.6 cm³/mol. The van der Waals surface area contributed by atoms with Crippen molar-refractivity contribution in [1.82, 2.24) is 10.2 Å². The van der Waals surface area contributed by atoms with E-state index in [4.69, 9.17) is 4.74 Å². The standard InChI is InChI=1S/C14H20N2O/c1-11-3-2-4-14-13(11)9-12(17-14)10-16-7-5-15-6-8-16/h2-4,12,15H,5-10H2,1H3. The Bertz CT molecular complexity index is 399. The Morgan fingerprint density at radius 1 is 1.35 bits per heavy atom. The molecular formula is C14H20N2O. The molecule has 2 aliphatic heterocycles. The van der Waals surface area contributed by atoms with E-state index in [1.165, 1.54) is 11.1 Å². The smallest absolute Gasteiger partial charge is 0.123 e. The van der Waals surface area contributed by atoms with E-state index in [1.54, 1.807) is 0 Å². The van der Waals surface area contributed by atoms with Crippen LogP contribution in [0, 0.1) is 6.92 Å². The summed E-state index contributed by atoms with van der Waals surface area (Å²) in [6, 6.07) is 6.36. The Kier molecular flexibility index (Phi) is 3.04. The van der Waals surface area contributed by atoms with Crippen LogP contribution in [0.5, 0.6) is 5.75 Å².